The molecule has 1 amide bonds. The van der Waals surface area contributed by atoms with E-state index in [1.54, 1.807) is 12.1 Å². The number of methoxy groups -OCH3 is 1. The lowest BCUT2D eigenvalue weighted by atomic mass is 10.0. The summed E-state index contributed by atoms with van der Waals surface area (Å²) in [7, 11) is 1.46. The summed E-state index contributed by atoms with van der Waals surface area (Å²) in [5.41, 5.74) is 0.309. The molecule has 1 saturated heterocycles. The van der Waals surface area contributed by atoms with E-state index in [4.69, 9.17) is 4.74 Å². The Bertz CT molecular complexity index is 510. The number of hydrogen-bond donors (Lipinski definition) is 3. The van der Waals surface area contributed by atoms with Crippen LogP contribution in [0.5, 0.6) is 5.75 Å². The van der Waals surface area contributed by atoms with Crippen LogP contribution in [0.2, 0.25) is 0 Å². The molecule has 1 aromatic rings. The zero-order valence-corrected chi connectivity index (χ0v) is 11.3. The molecule has 108 valence electrons. The molecule has 0 unspecified atom stereocenters. The third-order valence-electron chi connectivity index (χ3n) is 3.34. The summed E-state index contributed by atoms with van der Waals surface area (Å²) in [5.74, 6) is -0.857. The summed E-state index contributed by atoms with van der Waals surface area (Å²) < 4.78 is 4.99. The van der Waals surface area contributed by atoms with Crippen molar-refractivity contribution < 1.29 is 19.4 Å². The van der Waals surface area contributed by atoms with E-state index in [0.29, 0.717) is 5.75 Å². The smallest absolute Gasteiger partial charge is 0.337 e. The molecule has 0 aromatic heterocycles. The van der Waals surface area contributed by atoms with Gasteiger partial charge in [-0.05, 0) is 37.6 Å². The highest BCUT2D eigenvalue weighted by Crippen LogP contribution is 2.22. The van der Waals surface area contributed by atoms with Crippen molar-refractivity contribution in [1.29, 1.82) is 0 Å². The van der Waals surface area contributed by atoms with Gasteiger partial charge in [-0.1, -0.05) is 6.42 Å². The van der Waals surface area contributed by atoms with Gasteiger partial charge in [0.2, 0.25) is 5.91 Å². The van der Waals surface area contributed by atoms with E-state index >= 15 is 0 Å². The number of carbonyl (C=O) groups excluding carboxylic acids is 1. The highest BCUT2D eigenvalue weighted by Gasteiger charge is 2.22. The van der Waals surface area contributed by atoms with Crippen molar-refractivity contribution >= 4 is 17.6 Å². The average molecular weight is 278 g/mol. The fraction of sp³-hybridized carbons (Fsp3) is 0.429. The lowest BCUT2D eigenvalue weighted by Gasteiger charge is -2.23. The van der Waals surface area contributed by atoms with Gasteiger partial charge in [-0.15, -0.1) is 0 Å². The first-order valence-electron chi connectivity index (χ1n) is 6.57. The summed E-state index contributed by atoms with van der Waals surface area (Å²) in [4.78, 5) is 23.3. The van der Waals surface area contributed by atoms with E-state index in [0.717, 1.165) is 25.8 Å². The number of ether oxygens (including phenoxy) is 1. The number of piperidine rings is 1. The number of aromatic carboxylic acids is 1. The molecule has 1 aliphatic heterocycles. The van der Waals surface area contributed by atoms with E-state index in [-0.39, 0.29) is 23.2 Å². The second kappa shape index (κ2) is 6.38. The molecule has 6 heteroatoms. The van der Waals surface area contributed by atoms with Crippen molar-refractivity contribution in [2.75, 3.05) is 19.0 Å². The van der Waals surface area contributed by atoms with Crippen molar-refractivity contribution in [2.45, 2.75) is 25.3 Å². The first kappa shape index (κ1) is 14.3. The van der Waals surface area contributed by atoms with Crippen LogP contribution in [0.25, 0.3) is 0 Å². The highest BCUT2D eigenvalue weighted by molar-refractivity contribution is 6.02. The number of carboxylic acid groups (broad SMARTS) is 1. The minimum Gasteiger partial charge on any atom is -0.497 e. The maximum absolute atomic E-state index is 12.1. The predicted octanol–water partition coefficient (Wildman–Crippen LogP) is 1.47. The predicted molar refractivity (Wildman–Crippen MR) is 74.2 cm³/mol. The molecule has 0 radical (unpaired) electrons. The van der Waals surface area contributed by atoms with Crippen LogP contribution in [-0.2, 0) is 4.79 Å². The molecular weight excluding hydrogens is 260 g/mol. The van der Waals surface area contributed by atoms with Crippen LogP contribution in [0.4, 0.5) is 5.69 Å². The first-order chi connectivity index (χ1) is 9.61. The van der Waals surface area contributed by atoms with Gasteiger partial charge < -0.3 is 20.5 Å². The Hall–Kier alpha value is -2.08. The third-order valence-corrected chi connectivity index (χ3v) is 3.34. The number of carboxylic acids is 1. The normalized spacial score (nSPS) is 18.4. The van der Waals surface area contributed by atoms with Gasteiger partial charge in [0, 0.05) is 0 Å². The highest BCUT2D eigenvalue weighted by atomic mass is 16.5. The molecule has 1 atom stereocenters. The van der Waals surface area contributed by atoms with Crippen molar-refractivity contribution in [1.82, 2.24) is 5.32 Å². The van der Waals surface area contributed by atoms with Gasteiger partial charge in [0.15, 0.2) is 0 Å². The van der Waals surface area contributed by atoms with Crippen molar-refractivity contribution in [3.05, 3.63) is 23.8 Å². The van der Waals surface area contributed by atoms with Crippen molar-refractivity contribution in [3.63, 3.8) is 0 Å². The molecule has 0 saturated carbocycles. The summed E-state index contributed by atoms with van der Waals surface area (Å²) in [6, 6.07) is 4.30. The molecule has 1 aromatic carbocycles. The Morgan fingerprint density at radius 1 is 1.40 bits per heavy atom. The number of amides is 1. The minimum atomic E-state index is -1.10. The molecule has 0 aliphatic carbocycles. The maximum Gasteiger partial charge on any atom is 0.337 e. The van der Waals surface area contributed by atoms with Crippen LogP contribution in [-0.4, -0.2) is 36.7 Å². The molecule has 3 N–H and O–H groups in total. The lowest BCUT2D eigenvalue weighted by molar-refractivity contribution is -0.118. The van der Waals surface area contributed by atoms with Crippen LogP contribution in [0.1, 0.15) is 29.6 Å². The van der Waals surface area contributed by atoms with Gasteiger partial charge in [-0.3, -0.25) is 4.79 Å². The lowest BCUT2D eigenvalue weighted by Crippen LogP contribution is -2.43. The SMILES string of the molecule is COc1ccc(NC(=O)[C@@H]2CCCCN2)c(C(=O)O)c1. The van der Waals surface area contributed by atoms with Crippen molar-refractivity contribution in [3.8, 4) is 5.75 Å². The van der Waals surface area contributed by atoms with Crippen LogP contribution in [0.15, 0.2) is 18.2 Å². The molecule has 2 rings (SSSR count). The number of anilines is 1. The fourth-order valence-corrected chi connectivity index (χ4v) is 2.23. The summed E-state index contributed by atoms with van der Waals surface area (Å²) >= 11 is 0. The van der Waals surface area contributed by atoms with E-state index in [1.165, 1.54) is 13.2 Å². The number of benzene rings is 1. The zero-order chi connectivity index (χ0) is 14.5. The number of carbonyl (C=O) groups is 2. The third kappa shape index (κ3) is 3.27. The standard InChI is InChI=1S/C14H18N2O4/c1-20-9-5-6-11(10(8-9)14(18)19)16-13(17)12-4-2-3-7-15-12/h5-6,8,12,15H,2-4,7H2,1H3,(H,16,17)(H,18,19)/t12-/m0/s1. The molecule has 1 heterocycles. The molecule has 20 heavy (non-hydrogen) atoms. The molecule has 0 bridgehead atoms. The maximum atomic E-state index is 12.1. The summed E-state index contributed by atoms with van der Waals surface area (Å²) in [6.07, 6.45) is 2.83. The Morgan fingerprint density at radius 3 is 2.80 bits per heavy atom. The molecule has 1 aliphatic rings. The average Bonchev–Trinajstić information content (AvgIpc) is 2.48. The molecule has 1 fully saturated rings. The van der Waals surface area contributed by atoms with Gasteiger partial charge in [-0.2, -0.15) is 0 Å². The van der Waals surface area contributed by atoms with Gasteiger partial charge in [0.1, 0.15) is 5.75 Å². The van der Waals surface area contributed by atoms with Crippen molar-refractivity contribution in [2.24, 2.45) is 0 Å². The van der Waals surface area contributed by atoms with Gasteiger partial charge in [0.25, 0.3) is 0 Å². The van der Waals surface area contributed by atoms with Crippen LogP contribution in [0.3, 0.4) is 0 Å². The Labute approximate surface area is 117 Å². The Morgan fingerprint density at radius 2 is 2.20 bits per heavy atom. The Kier molecular flexibility index (Phi) is 4.57. The van der Waals surface area contributed by atoms with E-state index < -0.39 is 5.97 Å². The van der Waals surface area contributed by atoms with E-state index in [1.807, 2.05) is 0 Å². The van der Waals surface area contributed by atoms with Gasteiger partial charge in [0.05, 0.1) is 24.4 Å². The van der Waals surface area contributed by atoms with E-state index in [9.17, 15) is 14.7 Å². The monoisotopic (exact) mass is 278 g/mol. The first-order valence-corrected chi connectivity index (χ1v) is 6.57. The number of hydrogen-bond acceptors (Lipinski definition) is 4. The largest absolute Gasteiger partial charge is 0.497 e. The summed E-state index contributed by atoms with van der Waals surface area (Å²) in [6.45, 7) is 0.812. The quantitative estimate of drug-likeness (QED) is 0.776. The molecular formula is C14H18N2O4. The van der Waals surface area contributed by atoms with Crippen LogP contribution < -0.4 is 15.4 Å². The fourth-order valence-electron chi connectivity index (χ4n) is 2.23. The van der Waals surface area contributed by atoms with Gasteiger partial charge >= 0.3 is 5.97 Å². The molecule has 0 spiro atoms. The molecule has 6 nitrogen and oxygen atoms in total. The van der Waals surface area contributed by atoms with Gasteiger partial charge in [-0.25, -0.2) is 4.79 Å². The summed E-state index contributed by atoms with van der Waals surface area (Å²) in [5, 5.41) is 15.0. The second-order valence-electron chi connectivity index (χ2n) is 4.71. The topological polar surface area (TPSA) is 87.7 Å². The Balaban J connectivity index is 2.15. The van der Waals surface area contributed by atoms with Crippen LogP contribution >= 0.6 is 0 Å². The minimum absolute atomic E-state index is 0.0218. The zero-order valence-electron chi connectivity index (χ0n) is 11.3. The van der Waals surface area contributed by atoms with E-state index in [2.05, 4.69) is 10.6 Å². The van der Waals surface area contributed by atoms with Crippen LogP contribution in [0, 0.1) is 0 Å². The number of nitrogens with one attached hydrogen (secondary N) is 2. The number of rotatable bonds is 4. The second-order valence-corrected chi connectivity index (χ2v) is 4.71.